The van der Waals surface area contributed by atoms with Crippen molar-refractivity contribution in [2.75, 3.05) is 6.54 Å². The minimum atomic E-state index is -0.318. The van der Waals surface area contributed by atoms with E-state index in [4.69, 9.17) is 4.52 Å². The van der Waals surface area contributed by atoms with Crippen molar-refractivity contribution in [2.24, 2.45) is 4.99 Å². The maximum atomic E-state index is 12.1. The van der Waals surface area contributed by atoms with Gasteiger partial charge in [0.2, 0.25) is 5.76 Å². The molecule has 1 N–H and O–H groups in total. The van der Waals surface area contributed by atoms with Crippen LogP contribution in [0.5, 0.6) is 0 Å². The highest BCUT2D eigenvalue weighted by Gasteiger charge is 2.14. The monoisotopic (exact) mass is 354 g/mol. The second kappa shape index (κ2) is 12.4. The van der Waals surface area contributed by atoms with Crippen LogP contribution in [0.2, 0.25) is 0 Å². The molecule has 138 valence electrons. The first kappa shape index (κ1) is 21.0. The van der Waals surface area contributed by atoms with Gasteiger partial charge in [-0.15, -0.1) is 6.58 Å². The Morgan fingerprint density at radius 2 is 2.19 bits per heavy atom. The lowest BCUT2D eigenvalue weighted by Gasteiger charge is -2.03. The number of aliphatic imine (C=N–C) groups is 1. The summed E-state index contributed by atoms with van der Waals surface area (Å²) < 4.78 is 5.11. The number of pyridine rings is 1. The predicted octanol–water partition coefficient (Wildman–Crippen LogP) is 4.43. The van der Waals surface area contributed by atoms with Gasteiger partial charge >= 0.3 is 0 Å². The van der Waals surface area contributed by atoms with Crippen molar-refractivity contribution in [1.29, 1.82) is 0 Å². The average Bonchev–Trinajstić information content (AvgIpc) is 3.15. The average molecular weight is 354 g/mol. The first-order valence-corrected chi connectivity index (χ1v) is 8.56. The number of carbonyl (C=O) groups excluding carboxylic acids is 1. The van der Waals surface area contributed by atoms with Gasteiger partial charge in [-0.05, 0) is 32.4 Å². The molecule has 2 rings (SSSR count). The summed E-state index contributed by atoms with van der Waals surface area (Å²) in [6, 6.07) is 5.26. The molecule has 0 atom stereocenters. The van der Waals surface area contributed by atoms with Gasteiger partial charge in [-0.2, -0.15) is 0 Å². The number of unbranched alkanes of at least 4 members (excludes halogenated alkanes) is 1. The minimum Gasteiger partial charge on any atom is -0.350 e. The second-order valence-electron chi connectivity index (χ2n) is 5.28. The molecule has 0 aliphatic carbocycles. The number of aromatic nitrogens is 2. The summed E-state index contributed by atoms with van der Waals surface area (Å²) in [6.45, 7) is 9.54. The van der Waals surface area contributed by atoms with Crippen LogP contribution in [-0.2, 0) is 0 Å². The third-order valence-corrected chi connectivity index (χ3v) is 3.08. The third-order valence-electron chi connectivity index (χ3n) is 3.08. The molecule has 0 bridgehead atoms. The van der Waals surface area contributed by atoms with E-state index in [0.717, 1.165) is 24.1 Å². The standard InChI is InChI=1S/C17H20N4O2.C3H6/c1-3-5-8-14(19-4-2)12-20-17(22)16-10-15(21-23-16)13-7-6-9-18-11-13;1-3-2/h4,6-11H,3,5,12H2,1-2H3,(H,20,22);3H,1H2,2H3/b14-8-,19-4?;. The van der Waals surface area contributed by atoms with E-state index in [1.807, 2.05) is 26.0 Å². The molecule has 2 aromatic rings. The molecule has 0 unspecified atom stereocenters. The topological polar surface area (TPSA) is 80.4 Å². The lowest BCUT2D eigenvalue weighted by atomic mass is 10.2. The molecule has 0 aromatic carbocycles. The van der Waals surface area contributed by atoms with Crippen molar-refractivity contribution in [1.82, 2.24) is 15.5 Å². The van der Waals surface area contributed by atoms with E-state index in [1.54, 1.807) is 36.8 Å². The first-order chi connectivity index (χ1) is 12.7. The van der Waals surface area contributed by atoms with E-state index >= 15 is 0 Å². The smallest absolute Gasteiger partial charge is 0.290 e. The Bertz CT molecular complexity index is 733. The van der Waals surface area contributed by atoms with Crippen LogP contribution in [0.25, 0.3) is 11.3 Å². The Kier molecular flexibility index (Phi) is 9.99. The van der Waals surface area contributed by atoms with Crippen LogP contribution in [0.15, 0.2) is 64.5 Å². The fourth-order valence-electron chi connectivity index (χ4n) is 1.94. The Morgan fingerprint density at radius 3 is 2.81 bits per heavy atom. The van der Waals surface area contributed by atoms with E-state index in [0.29, 0.717) is 12.2 Å². The van der Waals surface area contributed by atoms with Crippen molar-refractivity contribution in [3.8, 4) is 11.3 Å². The molecule has 6 heteroatoms. The van der Waals surface area contributed by atoms with Gasteiger partial charge in [0.25, 0.3) is 5.91 Å². The molecule has 0 spiro atoms. The highest BCUT2D eigenvalue weighted by molar-refractivity contribution is 5.92. The largest absolute Gasteiger partial charge is 0.350 e. The third kappa shape index (κ3) is 7.25. The van der Waals surface area contributed by atoms with E-state index < -0.39 is 0 Å². The number of hydrogen-bond acceptors (Lipinski definition) is 5. The number of hydrogen-bond donors (Lipinski definition) is 1. The first-order valence-electron chi connectivity index (χ1n) is 8.56. The van der Waals surface area contributed by atoms with Crippen molar-refractivity contribution >= 4 is 12.1 Å². The van der Waals surface area contributed by atoms with E-state index in [1.165, 1.54) is 0 Å². The number of amides is 1. The maximum absolute atomic E-state index is 12.1. The summed E-state index contributed by atoms with van der Waals surface area (Å²) in [4.78, 5) is 20.4. The molecule has 26 heavy (non-hydrogen) atoms. The molecule has 0 fully saturated rings. The zero-order chi connectivity index (χ0) is 19.2. The summed E-state index contributed by atoms with van der Waals surface area (Å²) >= 11 is 0. The van der Waals surface area contributed by atoms with Gasteiger partial charge in [0.1, 0.15) is 5.69 Å². The lowest BCUT2D eigenvalue weighted by Crippen LogP contribution is -2.24. The second-order valence-corrected chi connectivity index (χ2v) is 5.28. The molecule has 2 heterocycles. The zero-order valence-electron chi connectivity index (χ0n) is 15.6. The van der Waals surface area contributed by atoms with Gasteiger partial charge in [-0.1, -0.05) is 30.7 Å². The quantitative estimate of drug-likeness (QED) is 0.589. The molecule has 0 saturated carbocycles. The molecular formula is C20H26N4O2. The fourth-order valence-corrected chi connectivity index (χ4v) is 1.94. The van der Waals surface area contributed by atoms with Crippen molar-refractivity contribution < 1.29 is 9.32 Å². The van der Waals surface area contributed by atoms with Crippen LogP contribution in [0.3, 0.4) is 0 Å². The fraction of sp³-hybridized carbons (Fsp3) is 0.300. The highest BCUT2D eigenvalue weighted by Crippen LogP contribution is 2.17. The molecular weight excluding hydrogens is 328 g/mol. The van der Waals surface area contributed by atoms with Crippen molar-refractivity contribution in [3.05, 3.63) is 60.8 Å². The van der Waals surface area contributed by atoms with Crippen LogP contribution >= 0.6 is 0 Å². The van der Waals surface area contributed by atoms with E-state index in [2.05, 4.69) is 34.0 Å². The summed E-state index contributed by atoms with van der Waals surface area (Å²) in [5.41, 5.74) is 2.21. The summed E-state index contributed by atoms with van der Waals surface area (Å²) in [5.74, 6) is -0.152. The van der Waals surface area contributed by atoms with E-state index in [-0.39, 0.29) is 11.7 Å². The Morgan fingerprint density at radius 1 is 1.42 bits per heavy atom. The molecule has 0 aliphatic heterocycles. The molecule has 0 radical (unpaired) electrons. The van der Waals surface area contributed by atoms with Crippen LogP contribution in [-0.4, -0.2) is 28.8 Å². The van der Waals surface area contributed by atoms with Gasteiger partial charge in [-0.25, -0.2) is 0 Å². The van der Waals surface area contributed by atoms with Gasteiger partial charge in [0.05, 0.1) is 12.2 Å². The minimum absolute atomic E-state index is 0.166. The lowest BCUT2D eigenvalue weighted by molar-refractivity contribution is 0.0920. The molecule has 0 saturated heterocycles. The maximum Gasteiger partial charge on any atom is 0.290 e. The van der Waals surface area contributed by atoms with Crippen molar-refractivity contribution in [2.45, 2.75) is 33.6 Å². The Balaban J connectivity index is 0.00000105. The predicted molar refractivity (Wildman–Crippen MR) is 105 cm³/mol. The Labute approximate surface area is 154 Å². The Hall–Kier alpha value is -3.02. The van der Waals surface area contributed by atoms with Gasteiger partial charge in [-0.3, -0.25) is 14.8 Å². The summed E-state index contributed by atoms with van der Waals surface area (Å²) in [7, 11) is 0. The summed E-state index contributed by atoms with van der Waals surface area (Å²) in [6.07, 6.45) is 10.8. The molecule has 6 nitrogen and oxygen atoms in total. The number of rotatable bonds is 7. The van der Waals surface area contributed by atoms with Crippen LogP contribution in [0.1, 0.15) is 44.2 Å². The van der Waals surface area contributed by atoms with Gasteiger partial charge in [0, 0.05) is 30.2 Å². The highest BCUT2D eigenvalue weighted by atomic mass is 16.5. The summed E-state index contributed by atoms with van der Waals surface area (Å²) in [5, 5.41) is 6.69. The number of carbonyl (C=O) groups is 1. The van der Waals surface area contributed by atoms with Gasteiger partial charge in [0.15, 0.2) is 0 Å². The molecule has 2 aromatic heterocycles. The normalized spacial score (nSPS) is 11.0. The molecule has 1 amide bonds. The number of nitrogens with zero attached hydrogens (tertiary/aromatic N) is 3. The van der Waals surface area contributed by atoms with Crippen LogP contribution in [0.4, 0.5) is 0 Å². The van der Waals surface area contributed by atoms with Crippen LogP contribution < -0.4 is 5.32 Å². The molecule has 0 aliphatic rings. The van der Waals surface area contributed by atoms with Gasteiger partial charge < -0.3 is 9.84 Å². The SMILES string of the molecule is C=CC.CC=N/C(=C\CCC)CNC(=O)c1cc(-c2cccnc2)no1. The van der Waals surface area contributed by atoms with E-state index in [9.17, 15) is 4.79 Å². The number of allylic oxidation sites excluding steroid dienone is 2. The van der Waals surface area contributed by atoms with Crippen molar-refractivity contribution in [3.63, 3.8) is 0 Å². The van der Waals surface area contributed by atoms with Crippen LogP contribution in [0, 0.1) is 0 Å². The number of nitrogens with one attached hydrogen (secondary N) is 1. The zero-order valence-corrected chi connectivity index (χ0v) is 15.6.